The fourth-order valence-corrected chi connectivity index (χ4v) is 2.25. The molecule has 0 bridgehead atoms. The second-order valence-corrected chi connectivity index (χ2v) is 4.21. The normalized spacial score (nSPS) is 9.83. The van der Waals surface area contributed by atoms with Crippen molar-refractivity contribution in [2.24, 2.45) is 5.84 Å². The van der Waals surface area contributed by atoms with Gasteiger partial charge in [-0.25, -0.2) is 5.84 Å². The number of hydrogen-bond donors (Lipinski definition) is 2. The molecule has 0 spiro atoms. The lowest BCUT2D eigenvalue weighted by atomic mass is 10.2. The van der Waals surface area contributed by atoms with Crippen molar-refractivity contribution in [3.8, 4) is 0 Å². The maximum Gasteiger partial charge on any atom is 0.234 e. The first-order valence-electron chi connectivity index (χ1n) is 3.44. The van der Waals surface area contributed by atoms with Gasteiger partial charge in [-0.15, -0.1) is 11.3 Å². The summed E-state index contributed by atoms with van der Waals surface area (Å²) >= 11 is 4.98. The van der Waals surface area contributed by atoms with E-state index in [0.717, 1.165) is 10.9 Å². The third-order valence-electron chi connectivity index (χ3n) is 1.38. The Labute approximate surface area is 83.1 Å². The van der Waals surface area contributed by atoms with Gasteiger partial charge in [0.05, 0.1) is 0 Å². The molecule has 1 amide bonds. The molecule has 0 aliphatic heterocycles. The van der Waals surface area contributed by atoms with E-state index in [9.17, 15) is 4.79 Å². The molecule has 0 atom stereocenters. The van der Waals surface area contributed by atoms with E-state index in [2.05, 4.69) is 21.4 Å². The quantitative estimate of drug-likeness (QED) is 0.483. The number of carbonyl (C=O) groups excluding carboxylic acids is 1. The molecule has 0 aromatic carbocycles. The van der Waals surface area contributed by atoms with Crippen LogP contribution < -0.4 is 11.3 Å². The van der Waals surface area contributed by atoms with E-state index in [-0.39, 0.29) is 5.91 Å². The van der Waals surface area contributed by atoms with Crippen LogP contribution >= 0.6 is 27.3 Å². The van der Waals surface area contributed by atoms with Crippen molar-refractivity contribution in [3.63, 3.8) is 0 Å². The SMILES string of the molecule is NNC(=O)CCc1cc(Br)cs1. The highest BCUT2D eigenvalue weighted by Crippen LogP contribution is 2.20. The third-order valence-corrected chi connectivity index (χ3v) is 3.14. The molecule has 12 heavy (non-hydrogen) atoms. The van der Waals surface area contributed by atoms with Gasteiger partial charge in [0.1, 0.15) is 0 Å². The van der Waals surface area contributed by atoms with Crippen LogP contribution in [0.5, 0.6) is 0 Å². The van der Waals surface area contributed by atoms with E-state index in [4.69, 9.17) is 5.84 Å². The van der Waals surface area contributed by atoms with E-state index in [1.54, 1.807) is 11.3 Å². The van der Waals surface area contributed by atoms with E-state index in [1.807, 2.05) is 11.4 Å². The number of hydrogen-bond acceptors (Lipinski definition) is 3. The fourth-order valence-electron chi connectivity index (χ4n) is 0.794. The summed E-state index contributed by atoms with van der Waals surface area (Å²) in [5.41, 5.74) is 2.10. The molecule has 1 heterocycles. The Morgan fingerprint density at radius 2 is 2.50 bits per heavy atom. The van der Waals surface area contributed by atoms with Gasteiger partial charge in [0, 0.05) is 21.2 Å². The number of hydrazine groups is 1. The van der Waals surface area contributed by atoms with Gasteiger partial charge in [0.15, 0.2) is 0 Å². The van der Waals surface area contributed by atoms with Gasteiger partial charge in [0.25, 0.3) is 0 Å². The standard InChI is InChI=1S/C7H9BrN2OS/c8-5-3-6(12-4-5)1-2-7(11)10-9/h3-4H,1-2,9H2,(H,10,11). The lowest BCUT2D eigenvalue weighted by molar-refractivity contribution is -0.121. The van der Waals surface area contributed by atoms with Gasteiger partial charge in [-0.2, -0.15) is 0 Å². The Morgan fingerprint density at radius 1 is 1.75 bits per heavy atom. The Morgan fingerprint density at radius 3 is 3.00 bits per heavy atom. The highest BCUT2D eigenvalue weighted by Gasteiger charge is 2.01. The smallest absolute Gasteiger partial charge is 0.234 e. The van der Waals surface area contributed by atoms with E-state index < -0.39 is 0 Å². The van der Waals surface area contributed by atoms with Gasteiger partial charge >= 0.3 is 0 Å². The van der Waals surface area contributed by atoms with Gasteiger partial charge < -0.3 is 0 Å². The first kappa shape index (κ1) is 9.70. The second kappa shape index (κ2) is 4.59. The molecule has 1 aromatic rings. The number of aryl methyl sites for hydroxylation is 1. The Hall–Kier alpha value is -0.390. The molecule has 1 aromatic heterocycles. The zero-order valence-corrected chi connectivity index (χ0v) is 8.74. The maximum atomic E-state index is 10.7. The van der Waals surface area contributed by atoms with Crippen molar-refractivity contribution in [1.29, 1.82) is 0 Å². The summed E-state index contributed by atoms with van der Waals surface area (Å²) in [5.74, 6) is 4.81. The number of nitrogens with one attached hydrogen (secondary N) is 1. The van der Waals surface area contributed by atoms with Crippen LogP contribution in [-0.2, 0) is 11.2 Å². The molecule has 5 heteroatoms. The van der Waals surface area contributed by atoms with Crippen molar-refractivity contribution in [2.45, 2.75) is 12.8 Å². The first-order chi connectivity index (χ1) is 5.72. The molecule has 0 unspecified atom stereocenters. The lowest BCUT2D eigenvalue weighted by Gasteiger charge is -1.95. The largest absolute Gasteiger partial charge is 0.294 e. The van der Waals surface area contributed by atoms with Crippen LogP contribution in [0.4, 0.5) is 0 Å². The summed E-state index contributed by atoms with van der Waals surface area (Å²) < 4.78 is 1.07. The average molecular weight is 249 g/mol. The van der Waals surface area contributed by atoms with E-state index in [1.165, 1.54) is 4.88 Å². The first-order valence-corrected chi connectivity index (χ1v) is 5.12. The summed E-state index contributed by atoms with van der Waals surface area (Å²) in [4.78, 5) is 11.9. The summed E-state index contributed by atoms with van der Waals surface area (Å²) in [6.07, 6.45) is 1.20. The minimum atomic E-state index is -0.125. The molecular formula is C7H9BrN2OS. The highest BCUT2D eigenvalue weighted by atomic mass is 79.9. The Balaban J connectivity index is 2.38. The Bertz CT molecular complexity index is 274. The molecule has 0 aliphatic carbocycles. The third kappa shape index (κ3) is 2.92. The molecule has 66 valence electrons. The van der Waals surface area contributed by atoms with Gasteiger partial charge in [-0.05, 0) is 28.4 Å². The average Bonchev–Trinajstić information content (AvgIpc) is 2.47. The van der Waals surface area contributed by atoms with E-state index >= 15 is 0 Å². The number of halogens is 1. The second-order valence-electron chi connectivity index (χ2n) is 2.30. The molecule has 0 saturated carbocycles. The molecule has 1 rings (SSSR count). The number of thiophene rings is 1. The number of carbonyl (C=O) groups is 1. The fraction of sp³-hybridized carbons (Fsp3) is 0.286. The molecule has 0 saturated heterocycles. The summed E-state index contributed by atoms with van der Waals surface area (Å²) in [5, 5.41) is 2.00. The molecule has 3 N–H and O–H groups in total. The predicted octanol–water partition coefficient (Wildman–Crippen LogP) is 1.43. The highest BCUT2D eigenvalue weighted by molar-refractivity contribution is 9.10. The van der Waals surface area contributed by atoms with Crippen molar-refractivity contribution < 1.29 is 4.79 Å². The van der Waals surface area contributed by atoms with Crippen molar-refractivity contribution >= 4 is 33.2 Å². The number of nitrogens with two attached hydrogens (primary N) is 1. The molecular weight excluding hydrogens is 240 g/mol. The van der Waals surface area contributed by atoms with Crippen molar-refractivity contribution in [2.75, 3.05) is 0 Å². The van der Waals surface area contributed by atoms with Crippen LogP contribution in [-0.4, -0.2) is 5.91 Å². The molecule has 0 aliphatic rings. The maximum absolute atomic E-state index is 10.7. The monoisotopic (exact) mass is 248 g/mol. The summed E-state index contributed by atoms with van der Waals surface area (Å²) in [7, 11) is 0. The van der Waals surface area contributed by atoms with Gasteiger partial charge in [-0.3, -0.25) is 10.2 Å². The van der Waals surface area contributed by atoms with Crippen LogP contribution in [0.3, 0.4) is 0 Å². The molecule has 0 fully saturated rings. The lowest BCUT2D eigenvalue weighted by Crippen LogP contribution is -2.29. The number of rotatable bonds is 3. The van der Waals surface area contributed by atoms with Crippen molar-refractivity contribution in [1.82, 2.24) is 5.43 Å². The van der Waals surface area contributed by atoms with Crippen LogP contribution in [0.25, 0.3) is 0 Å². The predicted molar refractivity (Wildman–Crippen MR) is 52.7 cm³/mol. The van der Waals surface area contributed by atoms with Gasteiger partial charge in [0.2, 0.25) is 5.91 Å². The van der Waals surface area contributed by atoms with Crippen LogP contribution in [0, 0.1) is 0 Å². The van der Waals surface area contributed by atoms with Crippen LogP contribution in [0.2, 0.25) is 0 Å². The Kier molecular flexibility index (Phi) is 3.71. The topological polar surface area (TPSA) is 55.1 Å². The minimum absolute atomic E-state index is 0.125. The van der Waals surface area contributed by atoms with Gasteiger partial charge in [-0.1, -0.05) is 0 Å². The van der Waals surface area contributed by atoms with Crippen LogP contribution in [0.1, 0.15) is 11.3 Å². The zero-order chi connectivity index (χ0) is 8.97. The summed E-state index contributed by atoms with van der Waals surface area (Å²) in [6, 6.07) is 2.01. The zero-order valence-electron chi connectivity index (χ0n) is 6.34. The van der Waals surface area contributed by atoms with E-state index in [0.29, 0.717) is 6.42 Å². The minimum Gasteiger partial charge on any atom is -0.294 e. The number of amides is 1. The molecule has 3 nitrogen and oxygen atoms in total. The van der Waals surface area contributed by atoms with Crippen LogP contribution in [0.15, 0.2) is 15.9 Å². The van der Waals surface area contributed by atoms with Crippen molar-refractivity contribution in [3.05, 3.63) is 20.8 Å². The summed E-state index contributed by atoms with van der Waals surface area (Å²) in [6.45, 7) is 0. The molecule has 0 radical (unpaired) electrons.